The minimum Gasteiger partial charge on any atom is -0.207 e. The summed E-state index contributed by atoms with van der Waals surface area (Å²) < 4.78 is 27.2. The smallest absolute Gasteiger partial charge is 0.207 e. The molecule has 1 unspecified atom stereocenters. The van der Waals surface area contributed by atoms with E-state index in [1.165, 1.54) is 18.4 Å². The Bertz CT molecular complexity index is 546. The average Bonchev–Trinajstić information content (AvgIpc) is 3.15. The lowest BCUT2D eigenvalue weighted by Crippen LogP contribution is -2.36. The van der Waals surface area contributed by atoms with Gasteiger partial charge in [-0.25, -0.2) is 8.42 Å². The highest BCUT2D eigenvalue weighted by Gasteiger charge is 2.43. The molecule has 2 aliphatic rings. The number of rotatable bonds is 4. The van der Waals surface area contributed by atoms with Gasteiger partial charge in [0.1, 0.15) is 0 Å². The SMILES string of the molecule is CCc1ccc(S(=O)(=O)N2CCCC2C2CC2)cc1. The summed E-state index contributed by atoms with van der Waals surface area (Å²) in [5.74, 6) is 0.618. The third kappa shape index (κ3) is 2.43. The number of aryl methyl sites for hydroxylation is 1. The number of hydrogen-bond donors (Lipinski definition) is 0. The zero-order chi connectivity index (χ0) is 13.5. The maximum absolute atomic E-state index is 12.7. The van der Waals surface area contributed by atoms with Gasteiger partial charge in [0.25, 0.3) is 0 Å². The van der Waals surface area contributed by atoms with Crippen LogP contribution in [0.2, 0.25) is 0 Å². The van der Waals surface area contributed by atoms with E-state index in [0.717, 1.165) is 19.3 Å². The Morgan fingerprint density at radius 2 is 1.84 bits per heavy atom. The van der Waals surface area contributed by atoms with E-state index in [2.05, 4.69) is 6.92 Å². The van der Waals surface area contributed by atoms with E-state index in [4.69, 9.17) is 0 Å². The van der Waals surface area contributed by atoms with E-state index in [1.54, 1.807) is 16.4 Å². The Morgan fingerprint density at radius 3 is 2.42 bits per heavy atom. The fraction of sp³-hybridized carbons (Fsp3) is 0.600. The van der Waals surface area contributed by atoms with Crippen molar-refractivity contribution in [3.05, 3.63) is 29.8 Å². The largest absolute Gasteiger partial charge is 0.243 e. The van der Waals surface area contributed by atoms with E-state index in [-0.39, 0.29) is 6.04 Å². The Labute approximate surface area is 115 Å². The first kappa shape index (κ1) is 13.1. The van der Waals surface area contributed by atoms with Gasteiger partial charge in [0, 0.05) is 12.6 Å². The molecule has 0 N–H and O–H groups in total. The second kappa shape index (κ2) is 4.91. The van der Waals surface area contributed by atoms with Crippen LogP contribution in [0.1, 0.15) is 38.2 Å². The van der Waals surface area contributed by atoms with E-state index in [0.29, 0.717) is 17.4 Å². The standard InChI is InChI=1S/C15H21NO2S/c1-2-12-5-9-14(10-6-12)19(17,18)16-11-3-4-15(16)13-7-8-13/h5-6,9-10,13,15H,2-4,7-8,11H2,1H3. The van der Waals surface area contributed by atoms with Gasteiger partial charge in [0.05, 0.1) is 4.90 Å². The van der Waals surface area contributed by atoms with Crippen molar-refractivity contribution in [3.63, 3.8) is 0 Å². The molecule has 0 spiro atoms. The van der Waals surface area contributed by atoms with Gasteiger partial charge in [-0.1, -0.05) is 19.1 Å². The summed E-state index contributed by atoms with van der Waals surface area (Å²) in [6.45, 7) is 2.77. The van der Waals surface area contributed by atoms with Gasteiger partial charge in [0.15, 0.2) is 0 Å². The maximum atomic E-state index is 12.7. The van der Waals surface area contributed by atoms with Crippen molar-refractivity contribution < 1.29 is 8.42 Å². The summed E-state index contributed by atoms with van der Waals surface area (Å²) >= 11 is 0. The highest BCUT2D eigenvalue weighted by Crippen LogP contribution is 2.42. The topological polar surface area (TPSA) is 37.4 Å². The molecule has 1 aliphatic heterocycles. The second-order valence-electron chi connectivity index (χ2n) is 5.66. The Hall–Kier alpha value is -0.870. The number of sulfonamides is 1. The molecule has 3 nitrogen and oxygen atoms in total. The lowest BCUT2D eigenvalue weighted by molar-refractivity contribution is 0.356. The van der Waals surface area contributed by atoms with Crippen LogP contribution in [-0.2, 0) is 16.4 Å². The molecule has 19 heavy (non-hydrogen) atoms. The average molecular weight is 279 g/mol. The van der Waals surface area contributed by atoms with Crippen LogP contribution in [0.5, 0.6) is 0 Å². The monoisotopic (exact) mass is 279 g/mol. The quantitative estimate of drug-likeness (QED) is 0.850. The Balaban J connectivity index is 1.88. The highest BCUT2D eigenvalue weighted by atomic mass is 32.2. The van der Waals surface area contributed by atoms with E-state index < -0.39 is 10.0 Å². The number of nitrogens with zero attached hydrogens (tertiary/aromatic N) is 1. The number of benzene rings is 1. The lowest BCUT2D eigenvalue weighted by atomic mass is 10.1. The molecule has 1 aromatic carbocycles. The molecule has 1 saturated heterocycles. The molecular formula is C15H21NO2S. The molecular weight excluding hydrogens is 258 g/mol. The van der Waals surface area contributed by atoms with Gasteiger partial charge in [0.2, 0.25) is 10.0 Å². The molecule has 104 valence electrons. The van der Waals surface area contributed by atoms with Crippen molar-refractivity contribution in [2.24, 2.45) is 5.92 Å². The van der Waals surface area contributed by atoms with Gasteiger partial charge < -0.3 is 0 Å². The Kier molecular flexibility index (Phi) is 3.39. The molecule has 0 amide bonds. The normalized spacial score (nSPS) is 24.8. The van der Waals surface area contributed by atoms with Crippen LogP contribution in [0.25, 0.3) is 0 Å². The van der Waals surface area contributed by atoms with Gasteiger partial charge in [-0.3, -0.25) is 0 Å². The molecule has 1 aliphatic carbocycles. The van der Waals surface area contributed by atoms with E-state index in [9.17, 15) is 8.42 Å². The fourth-order valence-electron chi connectivity index (χ4n) is 3.05. The number of hydrogen-bond acceptors (Lipinski definition) is 2. The lowest BCUT2D eigenvalue weighted by Gasteiger charge is -2.24. The zero-order valence-corrected chi connectivity index (χ0v) is 12.2. The third-order valence-corrected chi connectivity index (χ3v) is 6.29. The van der Waals surface area contributed by atoms with Crippen LogP contribution in [-0.4, -0.2) is 25.3 Å². The summed E-state index contributed by atoms with van der Waals surface area (Å²) in [4.78, 5) is 0.456. The molecule has 3 rings (SSSR count). The summed E-state index contributed by atoms with van der Waals surface area (Å²) in [7, 11) is -3.28. The molecule has 4 heteroatoms. The van der Waals surface area contributed by atoms with Crippen molar-refractivity contribution in [1.29, 1.82) is 0 Å². The van der Waals surface area contributed by atoms with Crippen LogP contribution < -0.4 is 0 Å². The van der Waals surface area contributed by atoms with E-state index >= 15 is 0 Å². The molecule has 1 saturated carbocycles. The molecule has 1 aromatic rings. The molecule has 1 atom stereocenters. The van der Waals surface area contributed by atoms with Gasteiger partial charge in [-0.2, -0.15) is 4.31 Å². The van der Waals surface area contributed by atoms with Crippen molar-refractivity contribution in [3.8, 4) is 0 Å². The van der Waals surface area contributed by atoms with Crippen LogP contribution >= 0.6 is 0 Å². The summed E-state index contributed by atoms with van der Waals surface area (Å²) in [6, 6.07) is 7.63. The molecule has 0 bridgehead atoms. The predicted octanol–water partition coefficient (Wildman–Crippen LogP) is 2.81. The van der Waals surface area contributed by atoms with Crippen molar-refractivity contribution in [1.82, 2.24) is 4.31 Å². The predicted molar refractivity (Wildman–Crippen MR) is 75.5 cm³/mol. The maximum Gasteiger partial charge on any atom is 0.243 e. The van der Waals surface area contributed by atoms with Crippen molar-refractivity contribution in [2.45, 2.75) is 50.0 Å². The van der Waals surface area contributed by atoms with Gasteiger partial charge in [-0.15, -0.1) is 0 Å². The molecule has 0 radical (unpaired) electrons. The van der Waals surface area contributed by atoms with Gasteiger partial charge in [-0.05, 0) is 55.7 Å². The summed E-state index contributed by atoms with van der Waals surface area (Å²) in [5, 5.41) is 0. The summed E-state index contributed by atoms with van der Waals surface area (Å²) in [6.07, 6.45) is 5.38. The first-order valence-corrected chi connectivity index (χ1v) is 8.67. The minimum absolute atomic E-state index is 0.260. The van der Waals surface area contributed by atoms with Crippen LogP contribution in [0, 0.1) is 5.92 Å². The second-order valence-corrected chi connectivity index (χ2v) is 7.55. The van der Waals surface area contributed by atoms with Crippen LogP contribution in [0.3, 0.4) is 0 Å². The summed E-state index contributed by atoms with van der Waals surface area (Å²) in [5.41, 5.74) is 1.18. The zero-order valence-electron chi connectivity index (χ0n) is 11.4. The van der Waals surface area contributed by atoms with E-state index in [1.807, 2.05) is 12.1 Å². The van der Waals surface area contributed by atoms with Crippen molar-refractivity contribution in [2.75, 3.05) is 6.54 Å². The van der Waals surface area contributed by atoms with Gasteiger partial charge >= 0.3 is 0 Å². The van der Waals surface area contributed by atoms with Crippen molar-refractivity contribution >= 4 is 10.0 Å². The first-order chi connectivity index (χ1) is 9.13. The van der Waals surface area contributed by atoms with Crippen LogP contribution in [0.15, 0.2) is 29.2 Å². The first-order valence-electron chi connectivity index (χ1n) is 7.23. The molecule has 0 aromatic heterocycles. The van der Waals surface area contributed by atoms with Crippen LogP contribution in [0.4, 0.5) is 0 Å². The molecule has 2 fully saturated rings. The minimum atomic E-state index is -3.28. The highest BCUT2D eigenvalue weighted by molar-refractivity contribution is 7.89. The fourth-order valence-corrected chi connectivity index (χ4v) is 4.80. The Morgan fingerprint density at radius 1 is 1.16 bits per heavy atom. The molecule has 1 heterocycles. The third-order valence-electron chi connectivity index (χ3n) is 4.35.